The van der Waals surface area contributed by atoms with Crippen molar-refractivity contribution in [2.45, 2.75) is 19.5 Å². The number of ketones is 1. The van der Waals surface area contributed by atoms with Crippen LogP contribution in [0, 0.1) is 0 Å². The number of hydrogen-bond acceptors (Lipinski definition) is 3. The minimum Gasteiger partial charge on any atom is -0.493 e. The van der Waals surface area contributed by atoms with E-state index in [1.54, 1.807) is 12.1 Å². The highest BCUT2D eigenvalue weighted by atomic mass is 35.5. The molecule has 0 aliphatic rings. The maximum atomic E-state index is 11.8. The van der Waals surface area contributed by atoms with E-state index in [4.69, 9.17) is 16.3 Å². The third-order valence-electron chi connectivity index (χ3n) is 2.28. The second-order valence-corrected chi connectivity index (χ2v) is 4.50. The van der Waals surface area contributed by atoms with Crippen LogP contribution in [-0.2, 0) is 4.74 Å². The molecule has 1 aromatic rings. The van der Waals surface area contributed by atoms with Crippen LogP contribution in [0.4, 0.5) is 13.2 Å². The predicted octanol–water partition coefficient (Wildman–Crippen LogP) is 3.89. The van der Waals surface area contributed by atoms with E-state index in [0.717, 1.165) is 0 Å². The second-order valence-electron chi connectivity index (χ2n) is 4.07. The Labute approximate surface area is 119 Å². The van der Waals surface area contributed by atoms with Gasteiger partial charge in [0.25, 0.3) is 0 Å². The summed E-state index contributed by atoms with van der Waals surface area (Å²) < 4.78 is 45.2. The van der Waals surface area contributed by atoms with Crippen molar-refractivity contribution in [2.24, 2.45) is 0 Å². The molecule has 0 fully saturated rings. The Balaban J connectivity index is 2.37. The normalized spacial score (nSPS) is 11.4. The van der Waals surface area contributed by atoms with E-state index in [-0.39, 0.29) is 25.4 Å². The first-order valence-corrected chi connectivity index (χ1v) is 6.25. The van der Waals surface area contributed by atoms with Crippen LogP contribution >= 0.6 is 11.6 Å². The molecule has 0 amide bonds. The summed E-state index contributed by atoms with van der Waals surface area (Å²) in [4.78, 5) is 11.4. The van der Waals surface area contributed by atoms with E-state index < -0.39 is 12.8 Å². The summed E-state index contributed by atoms with van der Waals surface area (Å²) in [6.07, 6.45) is -4.03. The van der Waals surface area contributed by atoms with Crippen molar-refractivity contribution in [1.82, 2.24) is 0 Å². The molecule has 0 spiro atoms. The van der Waals surface area contributed by atoms with Crippen LogP contribution in [0.2, 0.25) is 5.02 Å². The highest BCUT2D eigenvalue weighted by molar-refractivity contribution is 6.31. The molecule has 3 nitrogen and oxygen atoms in total. The molecule has 0 bridgehead atoms. The Morgan fingerprint density at radius 1 is 1.30 bits per heavy atom. The van der Waals surface area contributed by atoms with Gasteiger partial charge in [-0.1, -0.05) is 11.6 Å². The lowest BCUT2D eigenvalue weighted by Crippen LogP contribution is -2.18. The van der Waals surface area contributed by atoms with Gasteiger partial charge in [-0.15, -0.1) is 0 Å². The first kappa shape index (κ1) is 16.8. The minimum atomic E-state index is -4.32. The Hall–Kier alpha value is -1.27. The minimum absolute atomic E-state index is 0.0670. The lowest BCUT2D eigenvalue weighted by molar-refractivity contribution is -0.174. The number of carbonyl (C=O) groups excluding carboxylic acids is 1. The van der Waals surface area contributed by atoms with Crippen molar-refractivity contribution in [3.8, 4) is 5.75 Å². The van der Waals surface area contributed by atoms with E-state index in [0.29, 0.717) is 16.3 Å². The maximum absolute atomic E-state index is 11.8. The fourth-order valence-corrected chi connectivity index (χ4v) is 1.61. The van der Waals surface area contributed by atoms with Crippen LogP contribution in [0.3, 0.4) is 0 Å². The molecule has 0 radical (unpaired) electrons. The highest BCUT2D eigenvalue weighted by Gasteiger charge is 2.27. The van der Waals surface area contributed by atoms with Gasteiger partial charge in [0, 0.05) is 11.4 Å². The summed E-state index contributed by atoms with van der Waals surface area (Å²) in [5.41, 5.74) is 0.341. The zero-order valence-corrected chi connectivity index (χ0v) is 11.6. The number of benzene rings is 1. The molecule has 20 heavy (non-hydrogen) atoms. The molecule has 1 rings (SSSR count). The smallest absolute Gasteiger partial charge is 0.411 e. The van der Waals surface area contributed by atoms with E-state index in [9.17, 15) is 18.0 Å². The Bertz CT molecular complexity index is 461. The van der Waals surface area contributed by atoms with Gasteiger partial charge >= 0.3 is 6.18 Å². The quantitative estimate of drug-likeness (QED) is 0.566. The summed E-state index contributed by atoms with van der Waals surface area (Å²) in [6.45, 7) is 0.194. The van der Waals surface area contributed by atoms with Crippen LogP contribution in [0.25, 0.3) is 0 Å². The maximum Gasteiger partial charge on any atom is 0.411 e. The third kappa shape index (κ3) is 6.25. The summed E-state index contributed by atoms with van der Waals surface area (Å²) in [6, 6.07) is 4.61. The SMILES string of the molecule is CC(=O)c1cc(Cl)ccc1OCCCOCC(F)(F)F. The summed E-state index contributed by atoms with van der Waals surface area (Å²) in [7, 11) is 0. The first-order valence-electron chi connectivity index (χ1n) is 5.87. The van der Waals surface area contributed by atoms with Crippen molar-refractivity contribution in [1.29, 1.82) is 0 Å². The predicted molar refractivity (Wildman–Crippen MR) is 68.4 cm³/mol. The standard InChI is InChI=1S/C13H14ClF3O3/c1-9(18)11-7-10(14)3-4-12(11)20-6-2-5-19-8-13(15,16)17/h3-4,7H,2,5-6,8H2,1H3. The Morgan fingerprint density at radius 2 is 2.00 bits per heavy atom. The van der Waals surface area contributed by atoms with Gasteiger partial charge in [-0.05, 0) is 25.1 Å². The fraction of sp³-hybridized carbons (Fsp3) is 0.462. The van der Waals surface area contributed by atoms with Crippen molar-refractivity contribution in [3.63, 3.8) is 0 Å². The van der Waals surface area contributed by atoms with Crippen LogP contribution in [0.1, 0.15) is 23.7 Å². The van der Waals surface area contributed by atoms with Gasteiger partial charge in [-0.2, -0.15) is 13.2 Å². The number of carbonyl (C=O) groups is 1. The van der Waals surface area contributed by atoms with Crippen molar-refractivity contribution in [2.75, 3.05) is 19.8 Å². The lowest BCUT2D eigenvalue weighted by atomic mass is 10.1. The van der Waals surface area contributed by atoms with Gasteiger partial charge in [0.05, 0.1) is 18.8 Å². The average Bonchev–Trinajstić information content (AvgIpc) is 2.33. The van der Waals surface area contributed by atoms with Crippen LogP contribution in [-0.4, -0.2) is 31.8 Å². The molecule has 0 heterocycles. The van der Waals surface area contributed by atoms with Gasteiger partial charge in [0.15, 0.2) is 5.78 Å². The number of rotatable bonds is 7. The van der Waals surface area contributed by atoms with Gasteiger partial charge in [0.2, 0.25) is 0 Å². The Morgan fingerprint density at radius 3 is 2.60 bits per heavy atom. The molecule has 0 unspecified atom stereocenters. The molecule has 0 saturated heterocycles. The molecule has 0 aliphatic heterocycles. The second kappa shape index (κ2) is 7.50. The first-order chi connectivity index (χ1) is 9.29. The number of alkyl halides is 3. The van der Waals surface area contributed by atoms with Gasteiger partial charge < -0.3 is 9.47 Å². The summed E-state index contributed by atoms with van der Waals surface area (Å²) >= 11 is 5.77. The highest BCUT2D eigenvalue weighted by Crippen LogP contribution is 2.23. The molecular formula is C13H14ClF3O3. The van der Waals surface area contributed by atoms with Gasteiger partial charge in [-0.3, -0.25) is 4.79 Å². The largest absolute Gasteiger partial charge is 0.493 e. The third-order valence-corrected chi connectivity index (χ3v) is 2.51. The monoisotopic (exact) mass is 310 g/mol. The zero-order valence-electron chi connectivity index (χ0n) is 10.8. The summed E-state index contributed by atoms with van der Waals surface area (Å²) in [5.74, 6) is 0.161. The van der Waals surface area contributed by atoms with Crippen molar-refractivity contribution in [3.05, 3.63) is 28.8 Å². The number of Topliss-reactive ketones (excluding diaryl/α,β-unsaturated/α-hetero) is 1. The van der Waals surface area contributed by atoms with E-state index in [1.807, 2.05) is 0 Å². The molecule has 0 N–H and O–H groups in total. The van der Waals surface area contributed by atoms with Crippen molar-refractivity contribution < 1.29 is 27.4 Å². The molecule has 7 heteroatoms. The lowest BCUT2D eigenvalue weighted by Gasteiger charge is -2.11. The number of halogens is 4. The van der Waals surface area contributed by atoms with Crippen LogP contribution in [0.5, 0.6) is 5.75 Å². The topological polar surface area (TPSA) is 35.5 Å². The molecular weight excluding hydrogens is 297 g/mol. The van der Waals surface area contributed by atoms with E-state index in [1.165, 1.54) is 13.0 Å². The molecule has 112 valence electrons. The molecule has 0 aliphatic carbocycles. The molecule has 0 atom stereocenters. The van der Waals surface area contributed by atoms with Crippen LogP contribution < -0.4 is 4.74 Å². The van der Waals surface area contributed by atoms with E-state index >= 15 is 0 Å². The van der Waals surface area contributed by atoms with Gasteiger partial charge in [-0.25, -0.2) is 0 Å². The zero-order chi connectivity index (χ0) is 15.2. The van der Waals surface area contributed by atoms with Gasteiger partial charge in [0.1, 0.15) is 12.4 Å². The Kier molecular flexibility index (Phi) is 6.29. The number of ether oxygens (including phenoxy) is 2. The molecule has 0 aromatic heterocycles. The molecule has 0 saturated carbocycles. The van der Waals surface area contributed by atoms with Crippen molar-refractivity contribution >= 4 is 17.4 Å². The van der Waals surface area contributed by atoms with E-state index in [2.05, 4.69) is 4.74 Å². The van der Waals surface area contributed by atoms with Crippen LogP contribution in [0.15, 0.2) is 18.2 Å². The molecule has 1 aromatic carbocycles. The fourth-order valence-electron chi connectivity index (χ4n) is 1.43. The number of hydrogen-bond donors (Lipinski definition) is 0. The average molecular weight is 311 g/mol. The summed E-state index contributed by atoms with van der Waals surface area (Å²) in [5, 5.41) is 0.413.